The third kappa shape index (κ3) is 2.26. The summed E-state index contributed by atoms with van der Waals surface area (Å²) in [6.45, 7) is 2.42. The van der Waals surface area contributed by atoms with Crippen LogP contribution < -0.4 is 0 Å². The van der Waals surface area contributed by atoms with Crippen LogP contribution in [0, 0.1) is 13.8 Å². The van der Waals surface area contributed by atoms with Crippen LogP contribution in [-0.2, 0) is 6.18 Å². The highest BCUT2D eigenvalue weighted by Gasteiger charge is 2.35. The van der Waals surface area contributed by atoms with Crippen molar-refractivity contribution in [3.63, 3.8) is 0 Å². The van der Waals surface area contributed by atoms with Gasteiger partial charge in [-0.2, -0.15) is 13.2 Å². The van der Waals surface area contributed by atoms with Crippen molar-refractivity contribution in [2.75, 3.05) is 0 Å². The van der Waals surface area contributed by atoms with Crippen molar-refractivity contribution in [1.82, 2.24) is 4.98 Å². The molecule has 0 aliphatic heterocycles. The van der Waals surface area contributed by atoms with Crippen LogP contribution in [0.25, 0.3) is 0 Å². The molecular formula is C9H8F3NO2. The number of aryl methyl sites for hydroxylation is 2. The van der Waals surface area contributed by atoms with Gasteiger partial charge >= 0.3 is 12.1 Å². The first-order chi connectivity index (χ1) is 6.73. The van der Waals surface area contributed by atoms with E-state index in [4.69, 9.17) is 5.11 Å². The summed E-state index contributed by atoms with van der Waals surface area (Å²) in [5.41, 5.74) is -1.57. The van der Waals surface area contributed by atoms with Gasteiger partial charge in [-0.05, 0) is 25.5 Å². The molecular weight excluding hydrogens is 211 g/mol. The van der Waals surface area contributed by atoms with Gasteiger partial charge in [-0.3, -0.25) is 0 Å². The molecule has 0 aliphatic rings. The van der Waals surface area contributed by atoms with Gasteiger partial charge in [0.1, 0.15) is 5.69 Å². The number of nitrogens with zero attached hydrogens (tertiary/aromatic N) is 1. The van der Waals surface area contributed by atoms with Crippen molar-refractivity contribution in [2.24, 2.45) is 0 Å². The third-order valence-corrected chi connectivity index (χ3v) is 1.90. The molecule has 1 aromatic heterocycles. The Kier molecular flexibility index (Phi) is 2.70. The third-order valence-electron chi connectivity index (χ3n) is 1.90. The molecule has 1 heterocycles. The fourth-order valence-electron chi connectivity index (χ4n) is 1.21. The molecule has 82 valence electrons. The number of carboxylic acid groups (broad SMARTS) is 1. The van der Waals surface area contributed by atoms with E-state index in [0.29, 0.717) is 0 Å². The standard InChI is InChI=1S/C9H8F3NO2/c1-4-3-6(8(14)15)5(2)13-7(4)9(10,11)12/h3H,1-2H3,(H,14,15). The molecule has 15 heavy (non-hydrogen) atoms. The van der Waals surface area contributed by atoms with E-state index >= 15 is 0 Å². The van der Waals surface area contributed by atoms with Crippen LogP contribution >= 0.6 is 0 Å². The molecule has 0 aromatic carbocycles. The van der Waals surface area contributed by atoms with Crippen molar-refractivity contribution in [2.45, 2.75) is 20.0 Å². The number of halogens is 3. The Balaban J connectivity index is 3.39. The first-order valence-corrected chi connectivity index (χ1v) is 4.02. The molecule has 0 bridgehead atoms. The Morgan fingerprint density at radius 1 is 1.40 bits per heavy atom. The number of carboxylic acids is 1. The zero-order valence-electron chi connectivity index (χ0n) is 8.01. The lowest BCUT2D eigenvalue weighted by Gasteiger charge is -2.11. The van der Waals surface area contributed by atoms with Gasteiger partial charge in [0.2, 0.25) is 0 Å². The molecule has 0 aliphatic carbocycles. The molecule has 3 nitrogen and oxygen atoms in total. The minimum absolute atomic E-state index is 0.138. The van der Waals surface area contributed by atoms with E-state index in [1.807, 2.05) is 0 Å². The number of aromatic nitrogens is 1. The molecule has 1 rings (SSSR count). The lowest BCUT2D eigenvalue weighted by Crippen LogP contribution is -2.14. The van der Waals surface area contributed by atoms with Crippen molar-refractivity contribution in [1.29, 1.82) is 0 Å². The van der Waals surface area contributed by atoms with Crippen LogP contribution in [0.15, 0.2) is 6.07 Å². The Labute approximate surface area is 83.6 Å². The van der Waals surface area contributed by atoms with E-state index in [9.17, 15) is 18.0 Å². The zero-order valence-corrected chi connectivity index (χ0v) is 8.01. The molecule has 0 fully saturated rings. The maximum Gasteiger partial charge on any atom is 0.433 e. The first-order valence-electron chi connectivity index (χ1n) is 4.02. The number of pyridine rings is 1. The number of alkyl halides is 3. The van der Waals surface area contributed by atoms with E-state index in [-0.39, 0.29) is 16.8 Å². The number of aromatic carboxylic acids is 1. The van der Waals surface area contributed by atoms with Gasteiger partial charge in [0.25, 0.3) is 0 Å². The summed E-state index contributed by atoms with van der Waals surface area (Å²) in [5, 5.41) is 8.66. The number of carbonyl (C=O) groups is 1. The molecule has 1 aromatic rings. The van der Waals surface area contributed by atoms with Crippen LogP contribution in [0.3, 0.4) is 0 Å². The van der Waals surface area contributed by atoms with Gasteiger partial charge < -0.3 is 5.11 Å². The topological polar surface area (TPSA) is 50.2 Å². The Morgan fingerprint density at radius 2 is 1.93 bits per heavy atom. The SMILES string of the molecule is Cc1cc(C(=O)O)c(C)nc1C(F)(F)F. The van der Waals surface area contributed by atoms with Crippen LogP contribution in [0.1, 0.15) is 27.3 Å². The van der Waals surface area contributed by atoms with Gasteiger partial charge in [-0.25, -0.2) is 9.78 Å². The van der Waals surface area contributed by atoms with E-state index in [2.05, 4.69) is 4.98 Å². The van der Waals surface area contributed by atoms with Gasteiger partial charge in [0.05, 0.1) is 11.3 Å². The van der Waals surface area contributed by atoms with E-state index in [0.717, 1.165) is 6.07 Å². The summed E-state index contributed by atoms with van der Waals surface area (Å²) in [6.07, 6.45) is -4.55. The average molecular weight is 219 g/mol. The summed E-state index contributed by atoms with van der Waals surface area (Å²) in [4.78, 5) is 13.9. The molecule has 0 atom stereocenters. The van der Waals surface area contributed by atoms with Gasteiger partial charge in [0.15, 0.2) is 0 Å². The van der Waals surface area contributed by atoms with Crippen molar-refractivity contribution in [3.8, 4) is 0 Å². The average Bonchev–Trinajstić information content (AvgIpc) is 2.06. The normalized spacial score (nSPS) is 11.5. The molecule has 6 heteroatoms. The Morgan fingerprint density at radius 3 is 2.33 bits per heavy atom. The van der Waals surface area contributed by atoms with E-state index < -0.39 is 17.8 Å². The predicted octanol–water partition coefficient (Wildman–Crippen LogP) is 2.42. The maximum atomic E-state index is 12.4. The summed E-state index contributed by atoms with van der Waals surface area (Å²) >= 11 is 0. The highest BCUT2D eigenvalue weighted by molar-refractivity contribution is 5.89. The van der Waals surface area contributed by atoms with Crippen LogP contribution in [-0.4, -0.2) is 16.1 Å². The predicted molar refractivity (Wildman–Crippen MR) is 45.7 cm³/mol. The zero-order chi connectivity index (χ0) is 11.8. The lowest BCUT2D eigenvalue weighted by molar-refractivity contribution is -0.141. The van der Waals surface area contributed by atoms with E-state index in [1.54, 1.807) is 0 Å². The second-order valence-corrected chi connectivity index (χ2v) is 3.09. The first kappa shape index (κ1) is 11.5. The maximum absolute atomic E-state index is 12.4. The summed E-state index contributed by atoms with van der Waals surface area (Å²) in [6, 6.07) is 0.980. The van der Waals surface area contributed by atoms with Crippen LogP contribution in [0.5, 0.6) is 0 Å². The molecule has 0 unspecified atom stereocenters. The monoisotopic (exact) mass is 219 g/mol. The minimum Gasteiger partial charge on any atom is -0.478 e. The molecule has 0 saturated carbocycles. The highest BCUT2D eigenvalue weighted by atomic mass is 19.4. The Hall–Kier alpha value is -1.59. The fraction of sp³-hybridized carbons (Fsp3) is 0.333. The summed E-state index contributed by atoms with van der Waals surface area (Å²) < 4.78 is 37.1. The van der Waals surface area contributed by atoms with E-state index in [1.165, 1.54) is 13.8 Å². The Bertz CT molecular complexity index is 413. The quantitative estimate of drug-likeness (QED) is 0.789. The molecule has 1 N–H and O–H groups in total. The van der Waals surface area contributed by atoms with Crippen molar-refractivity contribution >= 4 is 5.97 Å². The summed E-state index contributed by atoms with van der Waals surface area (Å²) in [5.74, 6) is -1.28. The number of rotatable bonds is 1. The highest BCUT2D eigenvalue weighted by Crippen LogP contribution is 2.30. The minimum atomic E-state index is -4.55. The molecule has 0 spiro atoms. The fourth-order valence-corrected chi connectivity index (χ4v) is 1.21. The van der Waals surface area contributed by atoms with Gasteiger partial charge in [-0.1, -0.05) is 0 Å². The number of hydrogen-bond acceptors (Lipinski definition) is 2. The smallest absolute Gasteiger partial charge is 0.433 e. The van der Waals surface area contributed by atoms with Crippen LogP contribution in [0.2, 0.25) is 0 Å². The second-order valence-electron chi connectivity index (χ2n) is 3.09. The second kappa shape index (κ2) is 3.52. The lowest BCUT2D eigenvalue weighted by atomic mass is 10.1. The van der Waals surface area contributed by atoms with Gasteiger partial charge in [0, 0.05) is 0 Å². The summed E-state index contributed by atoms with van der Waals surface area (Å²) in [7, 11) is 0. The molecule has 0 amide bonds. The van der Waals surface area contributed by atoms with Crippen molar-refractivity contribution < 1.29 is 23.1 Å². The molecule has 0 radical (unpaired) electrons. The van der Waals surface area contributed by atoms with Crippen LogP contribution in [0.4, 0.5) is 13.2 Å². The largest absolute Gasteiger partial charge is 0.478 e. The van der Waals surface area contributed by atoms with Gasteiger partial charge in [-0.15, -0.1) is 0 Å². The molecule has 0 saturated heterocycles. The van der Waals surface area contributed by atoms with Crippen molar-refractivity contribution in [3.05, 3.63) is 28.6 Å². The number of hydrogen-bond donors (Lipinski definition) is 1.